The molecule has 2 N–H and O–H groups in total. The first-order valence-electron chi connectivity index (χ1n) is 7.37. The minimum Gasteiger partial charge on any atom is -0.385 e. The Morgan fingerprint density at radius 1 is 1.30 bits per heavy atom. The maximum atomic E-state index is 11.9. The maximum absolute atomic E-state index is 11.9. The van der Waals surface area contributed by atoms with Crippen molar-refractivity contribution < 1.29 is 9.53 Å². The lowest BCUT2D eigenvalue weighted by molar-refractivity contribution is 0.0948. The fraction of sp³-hybridized carbons (Fsp3) is 0.294. The molecule has 2 rings (SSSR count). The van der Waals surface area contributed by atoms with Crippen molar-refractivity contribution in [2.75, 3.05) is 25.6 Å². The molecule has 1 heterocycles. The molecule has 6 heteroatoms. The fourth-order valence-electron chi connectivity index (χ4n) is 2.00. The van der Waals surface area contributed by atoms with Gasteiger partial charge < -0.3 is 15.4 Å². The van der Waals surface area contributed by atoms with Gasteiger partial charge in [0, 0.05) is 37.2 Å². The van der Waals surface area contributed by atoms with Gasteiger partial charge in [-0.1, -0.05) is 17.7 Å². The number of halogens is 1. The Labute approximate surface area is 141 Å². The van der Waals surface area contributed by atoms with Crippen LogP contribution in [-0.2, 0) is 4.74 Å². The molecule has 0 fully saturated rings. The van der Waals surface area contributed by atoms with Crippen molar-refractivity contribution >= 4 is 29.0 Å². The summed E-state index contributed by atoms with van der Waals surface area (Å²) in [6.07, 6.45) is 2.33. The number of amides is 1. The number of aromatic nitrogens is 1. The van der Waals surface area contributed by atoms with E-state index in [4.69, 9.17) is 16.3 Å². The highest BCUT2D eigenvalue weighted by molar-refractivity contribution is 6.31. The van der Waals surface area contributed by atoms with Crippen molar-refractivity contribution in [3.05, 3.63) is 52.7 Å². The van der Waals surface area contributed by atoms with Gasteiger partial charge in [-0.2, -0.15) is 0 Å². The standard InChI is InChI=1S/C17H20ClN3O2/c1-12-14(18)5-3-6-15(12)21-16-8-7-13(11-20-16)17(22)19-9-4-10-23-2/h3,5-8,11H,4,9-10H2,1-2H3,(H,19,22)(H,20,21). The molecule has 1 aromatic heterocycles. The summed E-state index contributed by atoms with van der Waals surface area (Å²) in [4.78, 5) is 16.2. The normalized spacial score (nSPS) is 10.4. The SMILES string of the molecule is COCCCNC(=O)c1ccc(Nc2cccc(Cl)c2C)nc1. The van der Waals surface area contributed by atoms with Gasteiger partial charge in [0.15, 0.2) is 0 Å². The number of hydrogen-bond acceptors (Lipinski definition) is 4. The summed E-state index contributed by atoms with van der Waals surface area (Å²) in [6, 6.07) is 9.15. The van der Waals surface area contributed by atoms with Crippen LogP contribution in [0.15, 0.2) is 36.5 Å². The van der Waals surface area contributed by atoms with Crippen molar-refractivity contribution in [1.82, 2.24) is 10.3 Å². The molecule has 122 valence electrons. The number of anilines is 2. The van der Waals surface area contributed by atoms with Gasteiger partial charge in [0.1, 0.15) is 5.82 Å². The van der Waals surface area contributed by atoms with Gasteiger partial charge >= 0.3 is 0 Å². The summed E-state index contributed by atoms with van der Waals surface area (Å²) in [5.41, 5.74) is 2.37. The second-order valence-electron chi connectivity index (χ2n) is 5.07. The molecule has 0 spiro atoms. The first kappa shape index (κ1) is 17.2. The van der Waals surface area contributed by atoms with Crippen LogP contribution in [-0.4, -0.2) is 31.2 Å². The van der Waals surface area contributed by atoms with E-state index < -0.39 is 0 Å². The zero-order chi connectivity index (χ0) is 16.7. The van der Waals surface area contributed by atoms with E-state index in [-0.39, 0.29) is 5.91 Å². The molecule has 0 unspecified atom stereocenters. The van der Waals surface area contributed by atoms with E-state index >= 15 is 0 Å². The molecule has 0 aliphatic heterocycles. The molecule has 2 aromatic rings. The Hall–Kier alpha value is -2.11. The third-order valence-electron chi connectivity index (χ3n) is 3.37. The topological polar surface area (TPSA) is 63.2 Å². The Morgan fingerprint density at radius 3 is 2.83 bits per heavy atom. The van der Waals surface area contributed by atoms with Gasteiger partial charge in [-0.15, -0.1) is 0 Å². The number of hydrogen-bond donors (Lipinski definition) is 2. The summed E-state index contributed by atoms with van der Waals surface area (Å²) in [5.74, 6) is 0.519. The predicted octanol–water partition coefficient (Wildman–Crippen LogP) is 3.55. The van der Waals surface area contributed by atoms with E-state index in [2.05, 4.69) is 15.6 Å². The monoisotopic (exact) mass is 333 g/mol. The number of carbonyl (C=O) groups is 1. The van der Waals surface area contributed by atoms with Crippen molar-refractivity contribution in [2.24, 2.45) is 0 Å². The molecule has 0 aliphatic carbocycles. The van der Waals surface area contributed by atoms with Gasteiger partial charge in [0.2, 0.25) is 0 Å². The Bertz CT molecular complexity index is 659. The predicted molar refractivity (Wildman–Crippen MR) is 92.5 cm³/mol. The molecule has 0 aliphatic rings. The lowest BCUT2D eigenvalue weighted by atomic mass is 10.2. The highest BCUT2D eigenvalue weighted by Crippen LogP contribution is 2.25. The van der Waals surface area contributed by atoms with E-state index in [9.17, 15) is 4.79 Å². The molecule has 1 amide bonds. The molecular formula is C17H20ClN3O2. The molecule has 23 heavy (non-hydrogen) atoms. The van der Waals surface area contributed by atoms with Crippen LogP contribution < -0.4 is 10.6 Å². The summed E-state index contributed by atoms with van der Waals surface area (Å²) >= 11 is 6.10. The summed E-state index contributed by atoms with van der Waals surface area (Å²) < 4.78 is 4.94. The van der Waals surface area contributed by atoms with Crippen LogP contribution in [0.5, 0.6) is 0 Å². The van der Waals surface area contributed by atoms with Gasteiger partial charge in [-0.25, -0.2) is 4.98 Å². The molecule has 0 atom stereocenters. The molecule has 0 radical (unpaired) electrons. The fourth-order valence-corrected chi connectivity index (χ4v) is 2.18. The zero-order valence-corrected chi connectivity index (χ0v) is 14.0. The average Bonchev–Trinajstić information content (AvgIpc) is 2.56. The highest BCUT2D eigenvalue weighted by atomic mass is 35.5. The van der Waals surface area contributed by atoms with E-state index in [1.807, 2.05) is 25.1 Å². The number of nitrogens with one attached hydrogen (secondary N) is 2. The molecule has 1 aromatic carbocycles. The first-order chi connectivity index (χ1) is 11.1. The minimum absolute atomic E-state index is 0.140. The van der Waals surface area contributed by atoms with Crippen LogP contribution in [0.1, 0.15) is 22.3 Å². The summed E-state index contributed by atoms with van der Waals surface area (Å²) in [6.45, 7) is 3.14. The average molecular weight is 334 g/mol. The van der Waals surface area contributed by atoms with Crippen LogP contribution in [0.3, 0.4) is 0 Å². The quantitative estimate of drug-likeness (QED) is 0.760. The smallest absolute Gasteiger partial charge is 0.252 e. The van der Waals surface area contributed by atoms with Crippen LogP contribution in [0.2, 0.25) is 5.02 Å². The third-order valence-corrected chi connectivity index (χ3v) is 3.78. The highest BCUT2D eigenvalue weighted by Gasteiger charge is 2.07. The number of carbonyl (C=O) groups excluding carboxylic acids is 1. The van der Waals surface area contributed by atoms with Crippen molar-refractivity contribution in [2.45, 2.75) is 13.3 Å². The summed E-state index contributed by atoms with van der Waals surface area (Å²) in [5, 5.41) is 6.71. The van der Waals surface area contributed by atoms with E-state index in [0.717, 1.165) is 17.7 Å². The molecule has 0 bridgehead atoms. The molecule has 0 saturated carbocycles. The third kappa shape index (κ3) is 4.94. The second kappa shape index (κ2) is 8.50. The number of ether oxygens (including phenoxy) is 1. The van der Waals surface area contributed by atoms with Gasteiger partial charge in [0.25, 0.3) is 5.91 Å². The lowest BCUT2D eigenvalue weighted by Gasteiger charge is -2.10. The first-order valence-corrected chi connectivity index (χ1v) is 7.75. The second-order valence-corrected chi connectivity index (χ2v) is 5.48. The van der Waals surface area contributed by atoms with Crippen LogP contribution in [0, 0.1) is 6.92 Å². The summed E-state index contributed by atoms with van der Waals surface area (Å²) in [7, 11) is 1.64. The molecule has 5 nitrogen and oxygen atoms in total. The van der Waals surface area contributed by atoms with E-state index in [1.165, 1.54) is 0 Å². The van der Waals surface area contributed by atoms with E-state index in [0.29, 0.717) is 29.6 Å². The minimum atomic E-state index is -0.140. The van der Waals surface area contributed by atoms with Crippen molar-refractivity contribution in [1.29, 1.82) is 0 Å². The number of nitrogens with zero attached hydrogens (tertiary/aromatic N) is 1. The van der Waals surface area contributed by atoms with Crippen LogP contribution in [0.4, 0.5) is 11.5 Å². The Balaban J connectivity index is 1.96. The van der Waals surface area contributed by atoms with Gasteiger partial charge in [-0.05, 0) is 43.2 Å². The van der Waals surface area contributed by atoms with Crippen LogP contribution in [0.25, 0.3) is 0 Å². The van der Waals surface area contributed by atoms with Gasteiger partial charge in [-0.3, -0.25) is 4.79 Å². The molecular weight excluding hydrogens is 314 g/mol. The molecule has 0 saturated heterocycles. The number of methoxy groups -OCH3 is 1. The van der Waals surface area contributed by atoms with Crippen LogP contribution >= 0.6 is 11.6 Å². The Morgan fingerprint density at radius 2 is 2.13 bits per heavy atom. The number of rotatable bonds is 7. The Kier molecular flexibility index (Phi) is 6.38. The largest absolute Gasteiger partial charge is 0.385 e. The zero-order valence-electron chi connectivity index (χ0n) is 13.2. The number of benzene rings is 1. The van der Waals surface area contributed by atoms with Gasteiger partial charge in [0.05, 0.1) is 5.56 Å². The van der Waals surface area contributed by atoms with Crippen molar-refractivity contribution in [3.63, 3.8) is 0 Å². The lowest BCUT2D eigenvalue weighted by Crippen LogP contribution is -2.25. The van der Waals surface area contributed by atoms with E-state index in [1.54, 1.807) is 25.4 Å². The maximum Gasteiger partial charge on any atom is 0.252 e. The number of pyridine rings is 1. The van der Waals surface area contributed by atoms with Crippen molar-refractivity contribution in [3.8, 4) is 0 Å².